The average molecular weight is 368 g/mol. The first-order chi connectivity index (χ1) is 11.9. The maximum atomic E-state index is 12.1. The van der Waals surface area contributed by atoms with Crippen molar-refractivity contribution in [3.05, 3.63) is 48.0 Å². The van der Waals surface area contributed by atoms with E-state index in [1.807, 2.05) is 0 Å². The molecule has 2 aromatic rings. The van der Waals surface area contributed by atoms with Crippen LogP contribution in [-0.4, -0.2) is 50.5 Å². The fourth-order valence-corrected chi connectivity index (χ4v) is 2.64. The molecule has 0 aliphatic heterocycles. The second-order valence-electron chi connectivity index (χ2n) is 5.18. The normalized spacial score (nSPS) is 12.6. The molecule has 1 aromatic heterocycles. The number of carbonyl (C=O) groups excluding carboxylic acids is 1. The maximum Gasteiger partial charge on any atom is 0.356 e. The van der Waals surface area contributed by atoms with Crippen molar-refractivity contribution in [2.75, 3.05) is 26.6 Å². The Labute approximate surface area is 146 Å². The van der Waals surface area contributed by atoms with E-state index in [1.54, 1.807) is 38.3 Å². The molecule has 1 heterocycles. The summed E-state index contributed by atoms with van der Waals surface area (Å²) in [5.41, 5.74) is 0.938. The third kappa shape index (κ3) is 5.04. The summed E-state index contributed by atoms with van der Waals surface area (Å²) < 4.78 is 39.4. The van der Waals surface area contributed by atoms with Crippen LogP contribution in [0.2, 0.25) is 0 Å². The Morgan fingerprint density at radius 2 is 1.96 bits per heavy atom. The van der Waals surface area contributed by atoms with Gasteiger partial charge in [-0.15, -0.1) is 0 Å². The minimum absolute atomic E-state index is 0.187. The molecule has 0 aliphatic rings. The third-order valence-electron chi connectivity index (χ3n) is 3.43. The highest BCUT2D eigenvalue weighted by molar-refractivity contribution is 7.85. The van der Waals surface area contributed by atoms with E-state index in [9.17, 15) is 13.2 Å². The van der Waals surface area contributed by atoms with Gasteiger partial charge in [0.2, 0.25) is 0 Å². The Morgan fingerprint density at radius 1 is 1.28 bits per heavy atom. The van der Waals surface area contributed by atoms with Crippen LogP contribution in [0.3, 0.4) is 0 Å². The molecule has 0 bridgehead atoms. The van der Waals surface area contributed by atoms with Gasteiger partial charge >= 0.3 is 5.97 Å². The first-order valence-electron chi connectivity index (χ1n) is 7.53. The van der Waals surface area contributed by atoms with E-state index in [0.717, 1.165) is 11.8 Å². The van der Waals surface area contributed by atoms with Gasteiger partial charge in [-0.1, -0.05) is 12.1 Å². The molecule has 1 atom stereocenters. The Morgan fingerprint density at radius 3 is 2.52 bits per heavy atom. The van der Waals surface area contributed by atoms with Gasteiger partial charge in [0.25, 0.3) is 10.1 Å². The number of esters is 1. The molecule has 25 heavy (non-hydrogen) atoms. The lowest BCUT2D eigenvalue weighted by Crippen LogP contribution is -2.22. The summed E-state index contributed by atoms with van der Waals surface area (Å²) in [4.78, 5) is 16.1. The van der Waals surface area contributed by atoms with Crippen LogP contribution < -0.4 is 4.74 Å². The monoisotopic (exact) mass is 368 g/mol. The number of ether oxygens (including phenoxy) is 2. The fraction of sp³-hybridized carbons (Fsp3) is 0.375. The Balaban J connectivity index is 2.40. The lowest BCUT2D eigenvalue weighted by molar-refractivity contribution is 0.0511. The van der Waals surface area contributed by atoms with Gasteiger partial charge in [-0.05, 0) is 24.6 Å². The summed E-state index contributed by atoms with van der Waals surface area (Å²) in [6.45, 7) is 1.73. The second kappa shape index (κ2) is 8.13. The number of aromatic nitrogens is 2. The van der Waals surface area contributed by atoms with Crippen molar-refractivity contribution in [1.29, 1.82) is 0 Å². The molecule has 8 nitrogen and oxygen atoms in total. The summed E-state index contributed by atoms with van der Waals surface area (Å²) in [6, 6.07) is 6.43. The zero-order chi connectivity index (χ0) is 18.4. The number of hydrogen-bond acceptors (Lipinski definition) is 7. The molecule has 0 saturated carbocycles. The smallest absolute Gasteiger partial charge is 0.356 e. The summed E-state index contributed by atoms with van der Waals surface area (Å²) in [5, 5.41) is 0. The van der Waals surface area contributed by atoms with Crippen molar-refractivity contribution in [2.45, 2.75) is 13.0 Å². The van der Waals surface area contributed by atoms with Crippen molar-refractivity contribution in [1.82, 2.24) is 9.55 Å². The van der Waals surface area contributed by atoms with E-state index < -0.39 is 22.1 Å². The largest absolute Gasteiger partial charge is 0.497 e. The Kier molecular flexibility index (Phi) is 6.16. The summed E-state index contributed by atoms with van der Waals surface area (Å²) in [7, 11) is -2.10. The van der Waals surface area contributed by atoms with E-state index in [2.05, 4.69) is 4.98 Å². The quantitative estimate of drug-likeness (QED) is 0.516. The fourth-order valence-electron chi connectivity index (χ4n) is 2.27. The first kappa shape index (κ1) is 18.9. The van der Waals surface area contributed by atoms with Crippen LogP contribution in [0.4, 0.5) is 0 Å². The Hall–Kier alpha value is -2.39. The van der Waals surface area contributed by atoms with Crippen LogP contribution in [0.15, 0.2) is 36.8 Å². The van der Waals surface area contributed by atoms with Gasteiger partial charge in [0.1, 0.15) is 11.4 Å². The number of nitrogens with zero attached hydrogens (tertiary/aromatic N) is 2. The minimum atomic E-state index is -3.65. The molecule has 0 saturated heterocycles. The molecule has 0 amide bonds. The van der Waals surface area contributed by atoms with Gasteiger partial charge in [-0.2, -0.15) is 8.42 Å². The molecule has 2 rings (SSSR count). The summed E-state index contributed by atoms with van der Waals surface area (Å²) in [5.74, 6) is 0.112. The molecule has 0 fully saturated rings. The zero-order valence-corrected chi connectivity index (χ0v) is 15.0. The van der Waals surface area contributed by atoms with E-state index in [1.165, 1.54) is 17.1 Å². The van der Waals surface area contributed by atoms with Crippen LogP contribution in [0.5, 0.6) is 5.75 Å². The zero-order valence-electron chi connectivity index (χ0n) is 14.2. The van der Waals surface area contributed by atoms with Gasteiger partial charge in [-0.3, -0.25) is 4.18 Å². The Bertz CT molecular complexity index is 813. The van der Waals surface area contributed by atoms with E-state index in [-0.39, 0.29) is 18.9 Å². The topological polar surface area (TPSA) is 96.7 Å². The first-order valence-corrected chi connectivity index (χ1v) is 9.34. The molecule has 0 N–H and O–H groups in total. The predicted molar refractivity (Wildman–Crippen MR) is 90.1 cm³/mol. The number of imidazole rings is 1. The van der Waals surface area contributed by atoms with E-state index >= 15 is 0 Å². The molecule has 0 aliphatic carbocycles. The summed E-state index contributed by atoms with van der Waals surface area (Å²) in [6.07, 6.45) is 3.78. The molecule has 1 unspecified atom stereocenters. The third-order valence-corrected chi connectivity index (χ3v) is 3.99. The lowest BCUT2D eigenvalue weighted by atomic mass is 10.1. The SMILES string of the molecule is CCOC(=O)c1cncn1C(COS(C)(=O)=O)c1ccc(OC)cc1. The van der Waals surface area contributed by atoms with Crippen LogP contribution in [-0.2, 0) is 19.0 Å². The number of methoxy groups -OCH3 is 1. The standard InChI is InChI=1S/C16H20N2O6S/c1-4-23-16(19)14-9-17-11-18(14)15(10-24-25(3,20)21)12-5-7-13(22-2)8-6-12/h5-9,11,15H,4,10H2,1-3H3. The lowest BCUT2D eigenvalue weighted by Gasteiger charge is -2.20. The average Bonchev–Trinajstić information content (AvgIpc) is 3.04. The molecule has 9 heteroatoms. The van der Waals surface area contributed by atoms with Crippen LogP contribution in [0.25, 0.3) is 0 Å². The number of benzene rings is 1. The minimum Gasteiger partial charge on any atom is -0.497 e. The highest BCUT2D eigenvalue weighted by atomic mass is 32.2. The molecule has 0 spiro atoms. The van der Waals surface area contributed by atoms with Gasteiger partial charge in [-0.25, -0.2) is 9.78 Å². The predicted octanol–water partition coefficient (Wildman–Crippen LogP) is 1.63. The van der Waals surface area contributed by atoms with Gasteiger partial charge in [0.15, 0.2) is 0 Å². The number of hydrogen-bond donors (Lipinski definition) is 0. The molecule has 0 radical (unpaired) electrons. The van der Waals surface area contributed by atoms with Crippen molar-refractivity contribution >= 4 is 16.1 Å². The van der Waals surface area contributed by atoms with Crippen LogP contribution >= 0.6 is 0 Å². The number of carbonyl (C=O) groups is 1. The van der Waals surface area contributed by atoms with Crippen LogP contribution in [0.1, 0.15) is 29.0 Å². The van der Waals surface area contributed by atoms with E-state index in [0.29, 0.717) is 5.75 Å². The second-order valence-corrected chi connectivity index (χ2v) is 6.83. The summed E-state index contributed by atoms with van der Waals surface area (Å²) >= 11 is 0. The molecule has 136 valence electrons. The van der Waals surface area contributed by atoms with Gasteiger partial charge in [0.05, 0.1) is 45.1 Å². The maximum absolute atomic E-state index is 12.1. The van der Waals surface area contributed by atoms with Crippen LogP contribution in [0, 0.1) is 0 Å². The van der Waals surface area contributed by atoms with Gasteiger partial charge < -0.3 is 14.0 Å². The van der Waals surface area contributed by atoms with Crippen molar-refractivity contribution in [2.24, 2.45) is 0 Å². The molecular formula is C16H20N2O6S. The number of rotatable bonds is 8. The van der Waals surface area contributed by atoms with Crippen molar-refractivity contribution < 1.29 is 26.9 Å². The van der Waals surface area contributed by atoms with Crippen molar-refractivity contribution in [3.8, 4) is 5.75 Å². The van der Waals surface area contributed by atoms with Crippen molar-refractivity contribution in [3.63, 3.8) is 0 Å². The molecule has 1 aromatic carbocycles. The highest BCUT2D eigenvalue weighted by Gasteiger charge is 2.23. The van der Waals surface area contributed by atoms with E-state index in [4.69, 9.17) is 13.7 Å². The highest BCUT2D eigenvalue weighted by Crippen LogP contribution is 2.24. The van der Waals surface area contributed by atoms with Gasteiger partial charge in [0, 0.05) is 0 Å². The molecular weight excluding hydrogens is 348 g/mol.